The molecule has 150 valence electrons. The van der Waals surface area contributed by atoms with E-state index in [2.05, 4.69) is 10.6 Å². The Labute approximate surface area is 157 Å². The van der Waals surface area contributed by atoms with Gasteiger partial charge < -0.3 is 15.4 Å². The Morgan fingerprint density at radius 2 is 1.69 bits per heavy atom. The number of nitrogens with one attached hydrogen (secondary N) is 2. The van der Waals surface area contributed by atoms with Crippen molar-refractivity contribution >= 4 is 17.6 Å². The van der Waals surface area contributed by atoms with Gasteiger partial charge in [-0.1, -0.05) is 20.8 Å². The van der Waals surface area contributed by atoms with Crippen LogP contribution in [0.3, 0.4) is 0 Å². The number of Topliss-reactive ketones (excluding diaryl/α,β-unsaturated/α-hetero) is 1. The first-order valence-corrected chi connectivity index (χ1v) is 10.1. The van der Waals surface area contributed by atoms with Crippen LogP contribution >= 0.6 is 0 Å². The molecule has 26 heavy (non-hydrogen) atoms. The predicted molar refractivity (Wildman–Crippen MR) is 102 cm³/mol. The zero-order valence-corrected chi connectivity index (χ0v) is 16.6. The molecule has 2 amide bonds. The van der Waals surface area contributed by atoms with Crippen LogP contribution in [0.4, 0.5) is 0 Å². The number of hydrogen-bond donors (Lipinski definition) is 2. The molecule has 0 aliphatic heterocycles. The highest BCUT2D eigenvalue weighted by Gasteiger charge is 2.28. The zero-order chi connectivity index (χ0) is 19.4. The molecule has 0 radical (unpaired) electrons. The summed E-state index contributed by atoms with van der Waals surface area (Å²) in [4.78, 5) is 35.3. The van der Waals surface area contributed by atoms with E-state index in [0.29, 0.717) is 38.4 Å². The molecule has 6 nitrogen and oxygen atoms in total. The van der Waals surface area contributed by atoms with Gasteiger partial charge in [0.25, 0.3) is 0 Å². The molecule has 0 atom stereocenters. The topological polar surface area (TPSA) is 84.5 Å². The van der Waals surface area contributed by atoms with Crippen LogP contribution in [0.5, 0.6) is 0 Å². The molecule has 1 saturated carbocycles. The molecule has 0 spiro atoms. The van der Waals surface area contributed by atoms with E-state index < -0.39 is 0 Å². The molecule has 1 aliphatic rings. The summed E-state index contributed by atoms with van der Waals surface area (Å²) in [5.74, 6) is 0.721. The Morgan fingerprint density at radius 3 is 2.31 bits per heavy atom. The van der Waals surface area contributed by atoms with Crippen molar-refractivity contribution in [3.8, 4) is 0 Å². The van der Waals surface area contributed by atoms with E-state index in [9.17, 15) is 14.4 Å². The molecule has 1 fully saturated rings. The van der Waals surface area contributed by atoms with Crippen LogP contribution in [-0.2, 0) is 19.1 Å². The van der Waals surface area contributed by atoms with Gasteiger partial charge in [0, 0.05) is 43.9 Å². The van der Waals surface area contributed by atoms with Gasteiger partial charge in [-0.05, 0) is 38.5 Å². The summed E-state index contributed by atoms with van der Waals surface area (Å²) in [6, 6.07) is 0.187. The van der Waals surface area contributed by atoms with Crippen LogP contribution in [0.25, 0.3) is 0 Å². The molecule has 0 aromatic heterocycles. The number of rotatable bonds is 12. The van der Waals surface area contributed by atoms with Crippen molar-refractivity contribution in [2.45, 2.75) is 78.2 Å². The molecule has 0 saturated heterocycles. The van der Waals surface area contributed by atoms with Gasteiger partial charge in [0.2, 0.25) is 11.8 Å². The highest BCUT2D eigenvalue weighted by Crippen LogP contribution is 2.27. The molecule has 0 heterocycles. The van der Waals surface area contributed by atoms with Crippen LogP contribution in [0.2, 0.25) is 0 Å². The molecule has 0 aromatic carbocycles. The summed E-state index contributed by atoms with van der Waals surface area (Å²) < 4.78 is 5.45. The van der Waals surface area contributed by atoms with Crippen LogP contribution in [0.15, 0.2) is 0 Å². The Morgan fingerprint density at radius 1 is 1.00 bits per heavy atom. The van der Waals surface area contributed by atoms with Gasteiger partial charge in [0.1, 0.15) is 5.78 Å². The van der Waals surface area contributed by atoms with Crippen molar-refractivity contribution in [2.24, 2.45) is 11.8 Å². The lowest BCUT2D eigenvalue weighted by Crippen LogP contribution is -2.39. The summed E-state index contributed by atoms with van der Waals surface area (Å²) in [5.41, 5.74) is 0. The average Bonchev–Trinajstić information content (AvgIpc) is 2.61. The maximum atomic E-state index is 12.0. The Balaban J connectivity index is 2.02. The van der Waals surface area contributed by atoms with Gasteiger partial charge in [0.15, 0.2) is 0 Å². The zero-order valence-electron chi connectivity index (χ0n) is 16.6. The van der Waals surface area contributed by atoms with Gasteiger partial charge >= 0.3 is 0 Å². The van der Waals surface area contributed by atoms with E-state index in [-0.39, 0.29) is 29.7 Å². The monoisotopic (exact) mass is 368 g/mol. The predicted octanol–water partition coefficient (Wildman–Crippen LogP) is 2.60. The normalized spacial score (nSPS) is 20.0. The summed E-state index contributed by atoms with van der Waals surface area (Å²) in [5, 5.41) is 5.88. The van der Waals surface area contributed by atoms with Crippen molar-refractivity contribution < 1.29 is 19.1 Å². The Bertz CT molecular complexity index is 443. The van der Waals surface area contributed by atoms with Crippen molar-refractivity contribution in [3.05, 3.63) is 0 Å². The average molecular weight is 369 g/mol. The third-order valence-corrected chi connectivity index (χ3v) is 4.80. The van der Waals surface area contributed by atoms with E-state index in [4.69, 9.17) is 4.74 Å². The van der Waals surface area contributed by atoms with E-state index in [1.54, 1.807) is 0 Å². The molecule has 1 rings (SSSR count). The van der Waals surface area contributed by atoms with Gasteiger partial charge in [-0.25, -0.2) is 0 Å². The van der Waals surface area contributed by atoms with E-state index in [1.165, 1.54) is 0 Å². The SMILES string of the molecule is CCCC(=O)NCCCOCCC(=O)NC1CCC(C(=O)C(C)C)CC1. The molecule has 0 unspecified atom stereocenters. The van der Waals surface area contributed by atoms with Crippen LogP contribution in [0, 0.1) is 11.8 Å². The minimum absolute atomic E-state index is 0.0138. The maximum absolute atomic E-state index is 12.0. The van der Waals surface area contributed by atoms with E-state index in [0.717, 1.165) is 38.5 Å². The smallest absolute Gasteiger partial charge is 0.222 e. The summed E-state index contributed by atoms with van der Waals surface area (Å²) in [6.07, 6.45) is 6.05. The molecule has 6 heteroatoms. The van der Waals surface area contributed by atoms with Gasteiger partial charge in [-0.2, -0.15) is 0 Å². The molecular formula is C20H36N2O4. The van der Waals surface area contributed by atoms with Gasteiger partial charge in [-0.3, -0.25) is 14.4 Å². The molecular weight excluding hydrogens is 332 g/mol. The number of carbonyl (C=O) groups is 3. The van der Waals surface area contributed by atoms with Crippen LogP contribution < -0.4 is 10.6 Å². The standard InChI is InChI=1S/C20H36N2O4/c1-4-6-18(23)21-12-5-13-26-14-11-19(24)22-17-9-7-16(8-10-17)20(25)15(2)3/h15-17H,4-14H2,1-3H3,(H,21,23)(H,22,24). The lowest BCUT2D eigenvalue weighted by Gasteiger charge is -2.29. The molecule has 0 bridgehead atoms. The first kappa shape index (κ1) is 22.6. The van der Waals surface area contributed by atoms with Crippen molar-refractivity contribution in [1.29, 1.82) is 0 Å². The number of ether oxygens (including phenoxy) is 1. The number of hydrogen-bond acceptors (Lipinski definition) is 4. The lowest BCUT2D eigenvalue weighted by molar-refractivity contribution is -0.127. The fourth-order valence-electron chi connectivity index (χ4n) is 3.28. The van der Waals surface area contributed by atoms with Crippen molar-refractivity contribution in [2.75, 3.05) is 19.8 Å². The number of amides is 2. The highest BCUT2D eigenvalue weighted by molar-refractivity contribution is 5.83. The quantitative estimate of drug-likeness (QED) is 0.519. The minimum Gasteiger partial charge on any atom is -0.381 e. The molecule has 2 N–H and O–H groups in total. The van der Waals surface area contributed by atoms with Crippen molar-refractivity contribution in [1.82, 2.24) is 10.6 Å². The number of carbonyl (C=O) groups excluding carboxylic acids is 3. The first-order valence-electron chi connectivity index (χ1n) is 10.1. The summed E-state index contributed by atoms with van der Waals surface area (Å²) in [6.45, 7) is 7.44. The fourth-order valence-corrected chi connectivity index (χ4v) is 3.28. The fraction of sp³-hybridized carbons (Fsp3) is 0.850. The van der Waals surface area contributed by atoms with E-state index >= 15 is 0 Å². The second-order valence-corrected chi connectivity index (χ2v) is 7.49. The van der Waals surface area contributed by atoms with Crippen LogP contribution in [-0.4, -0.2) is 43.4 Å². The minimum atomic E-state index is 0.0138. The maximum Gasteiger partial charge on any atom is 0.222 e. The Hall–Kier alpha value is -1.43. The summed E-state index contributed by atoms with van der Waals surface area (Å²) >= 11 is 0. The lowest BCUT2D eigenvalue weighted by atomic mass is 9.80. The number of ketones is 1. The van der Waals surface area contributed by atoms with Crippen molar-refractivity contribution in [3.63, 3.8) is 0 Å². The van der Waals surface area contributed by atoms with Gasteiger partial charge in [-0.15, -0.1) is 0 Å². The molecule has 1 aliphatic carbocycles. The van der Waals surface area contributed by atoms with E-state index in [1.807, 2.05) is 20.8 Å². The van der Waals surface area contributed by atoms with Gasteiger partial charge in [0.05, 0.1) is 6.61 Å². The second kappa shape index (κ2) is 12.8. The third-order valence-electron chi connectivity index (χ3n) is 4.80. The largest absolute Gasteiger partial charge is 0.381 e. The first-order chi connectivity index (χ1) is 12.4. The third kappa shape index (κ3) is 9.32. The Kier molecular flexibility index (Phi) is 11.2. The highest BCUT2D eigenvalue weighted by atomic mass is 16.5. The second-order valence-electron chi connectivity index (χ2n) is 7.49. The van der Waals surface area contributed by atoms with Crippen LogP contribution in [0.1, 0.15) is 72.1 Å². The summed E-state index contributed by atoms with van der Waals surface area (Å²) in [7, 11) is 0. The molecule has 0 aromatic rings.